The van der Waals surface area contributed by atoms with Gasteiger partial charge in [-0.1, -0.05) is 0 Å². The van der Waals surface area contributed by atoms with E-state index in [1.54, 1.807) is 11.0 Å². The van der Waals surface area contributed by atoms with Crippen LogP contribution in [0.5, 0.6) is 0 Å². The number of hydrogen-bond acceptors (Lipinski definition) is 3. The van der Waals surface area contributed by atoms with Crippen LogP contribution in [0.2, 0.25) is 0 Å². The highest BCUT2D eigenvalue weighted by molar-refractivity contribution is 5.81. The highest BCUT2D eigenvalue weighted by Crippen LogP contribution is 2.34. The number of hydrogen-bond donors (Lipinski definition) is 0. The van der Waals surface area contributed by atoms with Crippen molar-refractivity contribution in [2.24, 2.45) is 0 Å². The number of Topliss-reactive ketones (excluding diaryl/α,β-unsaturated/α-hetero) is 1. The van der Waals surface area contributed by atoms with Gasteiger partial charge < -0.3 is 4.90 Å². The number of nitrogens with zero attached hydrogens (tertiary/aromatic N) is 2. The quantitative estimate of drug-likeness (QED) is 0.786. The predicted molar refractivity (Wildman–Crippen MR) is 62.6 cm³/mol. The van der Waals surface area contributed by atoms with E-state index in [1.165, 1.54) is 12.1 Å². The summed E-state index contributed by atoms with van der Waals surface area (Å²) in [5.41, 5.74) is -0.910. The molecule has 0 unspecified atom stereocenters. The minimum atomic E-state index is -4.55. The lowest BCUT2D eigenvalue weighted by atomic mass is 10.0. The number of carbonyl (C=O) groups excluding carboxylic acids is 1. The van der Waals surface area contributed by atoms with Crippen molar-refractivity contribution in [3.63, 3.8) is 0 Å². The number of piperidine rings is 1. The number of alkyl halides is 3. The number of rotatable bonds is 1. The van der Waals surface area contributed by atoms with E-state index in [1.807, 2.05) is 0 Å². The molecule has 0 aliphatic carbocycles. The molecule has 1 saturated heterocycles. The van der Waals surface area contributed by atoms with Gasteiger partial charge in [0.2, 0.25) is 0 Å². The van der Waals surface area contributed by atoms with Crippen LogP contribution >= 0.6 is 0 Å². The van der Waals surface area contributed by atoms with Crippen LogP contribution < -0.4 is 4.90 Å². The second-order valence-electron chi connectivity index (χ2n) is 4.37. The molecule has 6 heteroatoms. The summed E-state index contributed by atoms with van der Waals surface area (Å²) < 4.78 is 38.5. The molecule has 0 spiro atoms. The number of nitriles is 1. The van der Waals surface area contributed by atoms with Crippen LogP contribution in [0.25, 0.3) is 0 Å². The lowest BCUT2D eigenvalue weighted by molar-refractivity contribution is -0.137. The molecule has 1 aromatic carbocycles. The zero-order valence-corrected chi connectivity index (χ0v) is 10.00. The molecule has 1 aliphatic heterocycles. The van der Waals surface area contributed by atoms with Crippen molar-refractivity contribution >= 4 is 11.5 Å². The normalized spacial score (nSPS) is 16.3. The Labute approximate surface area is 108 Å². The molecule has 1 aliphatic rings. The van der Waals surface area contributed by atoms with Crippen molar-refractivity contribution in [3.8, 4) is 6.07 Å². The third-order valence-corrected chi connectivity index (χ3v) is 3.12. The zero-order chi connectivity index (χ0) is 14.0. The van der Waals surface area contributed by atoms with Gasteiger partial charge in [0.15, 0.2) is 0 Å². The molecule has 0 N–H and O–H groups in total. The first-order valence-corrected chi connectivity index (χ1v) is 5.80. The van der Waals surface area contributed by atoms with E-state index in [-0.39, 0.29) is 11.3 Å². The van der Waals surface area contributed by atoms with Gasteiger partial charge in [0.25, 0.3) is 0 Å². The summed E-state index contributed by atoms with van der Waals surface area (Å²) in [5.74, 6) is 0.126. The molecule has 1 fully saturated rings. The zero-order valence-electron chi connectivity index (χ0n) is 10.00. The topological polar surface area (TPSA) is 44.1 Å². The van der Waals surface area contributed by atoms with E-state index in [0.717, 1.165) is 6.07 Å². The first kappa shape index (κ1) is 13.4. The average Bonchev–Trinajstić information content (AvgIpc) is 2.38. The molecule has 100 valence electrons. The molecule has 1 aromatic rings. The Morgan fingerprint density at radius 1 is 1.21 bits per heavy atom. The van der Waals surface area contributed by atoms with Gasteiger partial charge in [-0.15, -0.1) is 0 Å². The lowest BCUT2D eigenvalue weighted by Crippen LogP contribution is -2.33. The van der Waals surface area contributed by atoms with E-state index >= 15 is 0 Å². The Balaban J connectivity index is 2.33. The molecular weight excluding hydrogens is 257 g/mol. The maximum atomic E-state index is 12.8. The monoisotopic (exact) mass is 268 g/mol. The van der Waals surface area contributed by atoms with Crippen LogP contribution in [0.3, 0.4) is 0 Å². The molecule has 0 radical (unpaired) electrons. The Bertz CT molecular complexity index is 536. The number of halogens is 3. The van der Waals surface area contributed by atoms with Gasteiger partial charge in [-0.2, -0.15) is 18.4 Å². The Hall–Kier alpha value is -2.03. The summed E-state index contributed by atoms with van der Waals surface area (Å²) in [6, 6.07) is 5.19. The van der Waals surface area contributed by atoms with Crippen molar-refractivity contribution in [3.05, 3.63) is 29.3 Å². The Kier molecular flexibility index (Phi) is 3.47. The minimum absolute atomic E-state index is 0.126. The second kappa shape index (κ2) is 4.92. The molecule has 0 bridgehead atoms. The fourth-order valence-corrected chi connectivity index (χ4v) is 2.08. The van der Waals surface area contributed by atoms with Crippen molar-refractivity contribution in [1.82, 2.24) is 0 Å². The van der Waals surface area contributed by atoms with Crippen molar-refractivity contribution in [2.75, 3.05) is 18.0 Å². The fourth-order valence-electron chi connectivity index (χ4n) is 2.08. The van der Waals surface area contributed by atoms with E-state index in [2.05, 4.69) is 0 Å². The van der Waals surface area contributed by atoms with Gasteiger partial charge in [-0.3, -0.25) is 4.79 Å². The summed E-state index contributed by atoms with van der Waals surface area (Å²) in [7, 11) is 0. The Morgan fingerprint density at radius 2 is 1.84 bits per heavy atom. The molecular formula is C13H11F3N2O. The van der Waals surface area contributed by atoms with Gasteiger partial charge in [0, 0.05) is 31.6 Å². The average molecular weight is 268 g/mol. The van der Waals surface area contributed by atoms with E-state index < -0.39 is 11.7 Å². The number of anilines is 1. The maximum Gasteiger partial charge on any atom is 0.417 e. The maximum absolute atomic E-state index is 12.8. The molecule has 19 heavy (non-hydrogen) atoms. The standard InChI is InChI=1S/C13H11F3N2O/c14-13(15,16)12-7-10(2-1-9(12)8-17)18-5-3-11(19)4-6-18/h1-2,7H,3-6H2. The first-order valence-electron chi connectivity index (χ1n) is 5.80. The van der Waals surface area contributed by atoms with Crippen LogP contribution in [0.4, 0.5) is 18.9 Å². The van der Waals surface area contributed by atoms with Crippen LogP contribution in [-0.2, 0) is 11.0 Å². The van der Waals surface area contributed by atoms with Crippen molar-refractivity contribution in [1.29, 1.82) is 5.26 Å². The number of carbonyl (C=O) groups is 1. The fraction of sp³-hybridized carbons (Fsp3) is 0.385. The van der Waals surface area contributed by atoms with Crippen LogP contribution in [0.1, 0.15) is 24.0 Å². The highest BCUT2D eigenvalue weighted by Gasteiger charge is 2.34. The smallest absolute Gasteiger partial charge is 0.371 e. The molecule has 0 saturated carbocycles. The van der Waals surface area contributed by atoms with E-state index in [9.17, 15) is 18.0 Å². The van der Waals surface area contributed by atoms with Crippen molar-refractivity contribution < 1.29 is 18.0 Å². The summed E-state index contributed by atoms with van der Waals surface area (Å²) in [4.78, 5) is 12.9. The molecule has 1 heterocycles. The van der Waals surface area contributed by atoms with Crippen molar-refractivity contribution in [2.45, 2.75) is 19.0 Å². The summed E-state index contributed by atoms with van der Waals surface area (Å²) in [6.07, 6.45) is -3.85. The Morgan fingerprint density at radius 3 is 2.37 bits per heavy atom. The molecule has 0 aromatic heterocycles. The second-order valence-corrected chi connectivity index (χ2v) is 4.37. The van der Waals surface area contributed by atoms with Gasteiger partial charge in [-0.25, -0.2) is 0 Å². The van der Waals surface area contributed by atoms with E-state index in [4.69, 9.17) is 5.26 Å². The molecule has 0 amide bonds. The molecule has 3 nitrogen and oxygen atoms in total. The van der Waals surface area contributed by atoms with Crippen LogP contribution in [-0.4, -0.2) is 18.9 Å². The minimum Gasteiger partial charge on any atom is -0.371 e. The van der Waals surface area contributed by atoms with Gasteiger partial charge in [0.05, 0.1) is 17.2 Å². The van der Waals surface area contributed by atoms with E-state index in [0.29, 0.717) is 31.6 Å². The van der Waals surface area contributed by atoms with Gasteiger partial charge in [-0.05, 0) is 18.2 Å². The summed E-state index contributed by atoms with van der Waals surface area (Å²) >= 11 is 0. The number of ketones is 1. The first-order chi connectivity index (χ1) is 8.91. The summed E-state index contributed by atoms with van der Waals surface area (Å²) in [5, 5.41) is 8.71. The molecule has 2 rings (SSSR count). The van der Waals surface area contributed by atoms with Crippen LogP contribution in [0, 0.1) is 11.3 Å². The lowest BCUT2D eigenvalue weighted by Gasteiger charge is -2.28. The SMILES string of the molecule is N#Cc1ccc(N2CCC(=O)CC2)cc1C(F)(F)F. The largest absolute Gasteiger partial charge is 0.417 e. The highest BCUT2D eigenvalue weighted by atomic mass is 19.4. The van der Waals surface area contributed by atoms with Crippen LogP contribution in [0.15, 0.2) is 18.2 Å². The number of benzene rings is 1. The molecule has 0 atom stereocenters. The third kappa shape index (κ3) is 2.87. The predicted octanol–water partition coefficient (Wildman–Crippen LogP) is 2.75. The summed E-state index contributed by atoms with van der Waals surface area (Å²) in [6.45, 7) is 0.837. The van der Waals surface area contributed by atoms with Gasteiger partial charge in [0.1, 0.15) is 5.78 Å². The third-order valence-electron chi connectivity index (χ3n) is 3.12. The van der Waals surface area contributed by atoms with Gasteiger partial charge >= 0.3 is 6.18 Å².